The van der Waals surface area contributed by atoms with Crippen LogP contribution in [0.5, 0.6) is 5.75 Å². The summed E-state index contributed by atoms with van der Waals surface area (Å²) in [5.74, 6) is 1.14. The van der Waals surface area contributed by atoms with Crippen molar-refractivity contribution in [3.05, 3.63) is 59.9 Å². The molecule has 7 nitrogen and oxygen atoms in total. The Morgan fingerprint density at radius 2 is 1.96 bits per heavy atom. The number of amides is 1. The lowest BCUT2D eigenvalue weighted by molar-refractivity contribution is 0.100. The van der Waals surface area contributed by atoms with Crippen molar-refractivity contribution in [2.24, 2.45) is 5.73 Å². The van der Waals surface area contributed by atoms with E-state index >= 15 is 0 Å². The lowest BCUT2D eigenvalue weighted by Crippen LogP contribution is -2.14. The van der Waals surface area contributed by atoms with Crippen LogP contribution in [0, 0.1) is 0 Å². The zero-order valence-electron chi connectivity index (χ0n) is 13.0. The van der Waals surface area contributed by atoms with Gasteiger partial charge < -0.3 is 20.3 Å². The summed E-state index contributed by atoms with van der Waals surface area (Å²) in [7, 11) is 1.61. The Bertz CT molecular complexity index is 843. The number of ether oxygens (including phenoxy) is 1. The monoisotopic (exact) mass is 324 g/mol. The highest BCUT2D eigenvalue weighted by Gasteiger charge is 2.11. The lowest BCUT2D eigenvalue weighted by atomic mass is 10.1. The summed E-state index contributed by atoms with van der Waals surface area (Å²) < 4.78 is 10.4. The van der Waals surface area contributed by atoms with E-state index in [1.165, 1.54) is 0 Å². The molecule has 0 radical (unpaired) electrons. The van der Waals surface area contributed by atoms with Crippen LogP contribution in [0.2, 0.25) is 0 Å². The Kier molecular flexibility index (Phi) is 4.42. The van der Waals surface area contributed by atoms with Gasteiger partial charge in [0.2, 0.25) is 0 Å². The standard InChI is InChI=1S/C17H16N4O3/c1-23-12-8-6-11(7-9-12)17-20-15(21-24-17)10-19-14-5-3-2-4-13(14)16(18)22/h2-9,19H,10H2,1H3,(H2,18,22). The molecule has 24 heavy (non-hydrogen) atoms. The van der Waals surface area contributed by atoms with Crippen LogP contribution in [0.1, 0.15) is 16.2 Å². The van der Waals surface area contributed by atoms with Gasteiger partial charge in [-0.2, -0.15) is 4.98 Å². The van der Waals surface area contributed by atoms with Gasteiger partial charge in [0, 0.05) is 11.3 Å². The van der Waals surface area contributed by atoms with Crippen molar-refractivity contribution in [3.8, 4) is 17.2 Å². The van der Waals surface area contributed by atoms with Gasteiger partial charge in [-0.25, -0.2) is 0 Å². The summed E-state index contributed by atoms with van der Waals surface area (Å²) in [4.78, 5) is 15.7. The summed E-state index contributed by atoms with van der Waals surface area (Å²) >= 11 is 0. The SMILES string of the molecule is COc1ccc(-c2nc(CNc3ccccc3C(N)=O)no2)cc1. The number of anilines is 1. The average molecular weight is 324 g/mol. The number of carbonyl (C=O) groups is 1. The Balaban J connectivity index is 1.71. The van der Waals surface area contributed by atoms with Crippen LogP contribution in [0.15, 0.2) is 53.1 Å². The number of hydrogen-bond acceptors (Lipinski definition) is 6. The Morgan fingerprint density at radius 1 is 1.21 bits per heavy atom. The molecular weight excluding hydrogens is 308 g/mol. The third-order valence-corrected chi connectivity index (χ3v) is 3.43. The van der Waals surface area contributed by atoms with Gasteiger partial charge in [0.05, 0.1) is 19.2 Å². The molecule has 0 fully saturated rings. The normalized spacial score (nSPS) is 10.4. The highest BCUT2D eigenvalue weighted by atomic mass is 16.5. The molecule has 0 saturated carbocycles. The van der Waals surface area contributed by atoms with E-state index in [0.717, 1.165) is 11.3 Å². The maximum absolute atomic E-state index is 11.4. The van der Waals surface area contributed by atoms with Crippen molar-refractivity contribution in [3.63, 3.8) is 0 Å². The fraction of sp³-hybridized carbons (Fsp3) is 0.118. The van der Waals surface area contributed by atoms with Crippen molar-refractivity contribution in [2.75, 3.05) is 12.4 Å². The predicted octanol–water partition coefficient (Wildman–Crippen LogP) is 2.46. The second-order valence-corrected chi connectivity index (χ2v) is 5.01. The minimum atomic E-state index is -0.495. The third kappa shape index (κ3) is 3.35. The number of methoxy groups -OCH3 is 1. The summed E-state index contributed by atoms with van der Waals surface area (Å²) in [6.07, 6.45) is 0. The van der Waals surface area contributed by atoms with Crippen molar-refractivity contribution >= 4 is 11.6 Å². The number of primary amides is 1. The summed E-state index contributed by atoms with van der Waals surface area (Å²) in [6.45, 7) is 0.309. The lowest BCUT2D eigenvalue weighted by Gasteiger charge is -2.07. The van der Waals surface area contributed by atoms with Gasteiger partial charge in [-0.3, -0.25) is 4.79 Å². The molecule has 0 atom stereocenters. The van der Waals surface area contributed by atoms with Gasteiger partial charge in [0.25, 0.3) is 11.8 Å². The van der Waals surface area contributed by atoms with E-state index in [1.54, 1.807) is 25.3 Å². The number of carbonyl (C=O) groups excluding carboxylic acids is 1. The van der Waals surface area contributed by atoms with Gasteiger partial charge in [-0.05, 0) is 36.4 Å². The number of nitrogens with two attached hydrogens (primary N) is 1. The molecule has 3 N–H and O–H groups in total. The number of benzene rings is 2. The molecule has 7 heteroatoms. The van der Waals surface area contributed by atoms with E-state index in [4.69, 9.17) is 15.0 Å². The van der Waals surface area contributed by atoms with Crippen LogP contribution >= 0.6 is 0 Å². The number of nitrogens with one attached hydrogen (secondary N) is 1. The van der Waals surface area contributed by atoms with Crippen LogP contribution < -0.4 is 15.8 Å². The fourth-order valence-electron chi connectivity index (χ4n) is 2.20. The number of rotatable bonds is 6. The molecular formula is C17H16N4O3. The molecule has 1 aromatic heterocycles. The molecule has 0 aliphatic heterocycles. The smallest absolute Gasteiger partial charge is 0.257 e. The topological polar surface area (TPSA) is 103 Å². The second-order valence-electron chi connectivity index (χ2n) is 5.01. The van der Waals surface area contributed by atoms with Crippen molar-refractivity contribution in [1.29, 1.82) is 0 Å². The number of aromatic nitrogens is 2. The molecule has 2 aromatic carbocycles. The van der Waals surface area contributed by atoms with E-state index in [2.05, 4.69) is 15.5 Å². The van der Waals surface area contributed by atoms with Crippen LogP contribution in [0.25, 0.3) is 11.5 Å². The summed E-state index contributed by atoms with van der Waals surface area (Å²) in [5, 5.41) is 7.02. The minimum Gasteiger partial charge on any atom is -0.497 e. The highest BCUT2D eigenvalue weighted by Crippen LogP contribution is 2.21. The number of hydrogen-bond donors (Lipinski definition) is 2. The molecule has 122 valence electrons. The highest BCUT2D eigenvalue weighted by molar-refractivity contribution is 5.98. The zero-order chi connectivity index (χ0) is 16.9. The van der Waals surface area contributed by atoms with E-state index in [9.17, 15) is 4.79 Å². The molecule has 0 aliphatic rings. The molecule has 3 rings (SSSR count). The van der Waals surface area contributed by atoms with Gasteiger partial charge >= 0.3 is 0 Å². The van der Waals surface area contributed by atoms with Crippen LogP contribution in [-0.4, -0.2) is 23.2 Å². The van der Waals surface area contributed by atoms with E-state index < -0.39 is 5.91 Å². The molecule has 1 heterocycles. The first kappa shape index (κ1) is 15.5. The molecule has 0 spiro atoms. The Labute approximate surface area is 138 Å². The molecule has 1 amide bonds. The van der Waals surface area contributed by atoms with Crippen LogP contribution in [0.3, 0.4) is 0 Å². The van der Waals surface area contributed by atoms with Gasteiger partial charge in [0.15, 0.2) is 5.82 Å². The van der Waals surface area contributed by atoms with Crippen molar-refractivity contribution in [2.45, 2.75) is 6.54 Å². The Morgan fingerprint density at radius 3 is 2.67 bits per heavy atom. The first-order chi connectivity index (χ1) is 11.7. The molecule has 0 bridgehead atoms. The molecule has 0 saturated heterocycles. The largest absolute Gasteiger partial charge is 0.497 e. The summed E-state index contributed by atoms with van der Waals surface area (Å²) in [6, 6.07) is 14.3. The molecule has 0 aliphatic carbocycles. The molecule has 0 unspecified atom stereocenters. The van der Waals surface area contributed by atoms with Gasteiger partial charge in [-0.15, -0.1) is 0 Å². The predicted molar refractivity (Wildman–Crippen MR) is 88.6 cm³/mol. The van der Waals surface area contributed by atoms with Crippen LogP contribution in [-0.2, 0) is 6.54 Å². The molecule has 3 aromatic rings. The number of para-hydroxylation sites is 1. The fourth-order valence-corrected chi connectivity index (χ4v) is 2.20. The minimum absolute atomic E-state index is 0.309. The van der Waals surface area contributed by atoms with Crippen molar-refractivity contribution in [1.82, 2.24) is 10.1 Å². The van der Waals surface area contributed by atoms with E-state index in [0.29, 0.717) is 29.5 Å². The number of nitrogens with zero attached hydrogens (tertiary/aromatic N) is 2. The first-order valence-corrected chi connectivity index (χ1v) is 7.27. The average Bonchev–Trinajstić information content (AvgIpc) is 3.09. The third-order valence-electron chi connectivity index (χ3n) is 3.43. The summed E-state index contributed by atoms with van der Waals surface area (Å²) in [5.41, 5.74) is 7.19. The maximum Gasteiger partial charge on any atom is 0.257 e. The quantitative estimate of drug-likeness (QED) is 0.722. The van der Waals surface area contributed by atoms with E-state index in [-0.39, 0.29) is 0 Å². The van der Waals surface area contributed by atoms with E-state index in [1.807, 2.05) is 30.3 Å². The van der Waals surface area contributed by atoms with Gasteiger partial charge in [-0.1, -0.05) is 17.3 Å². The van der Waals surface area contributed by atoms with Crippen LogP contribution in [0.4, 0.5) is 5.69 Å². The van der Waals surface area contributed by atoms with Crippen molar-refractivity contribution < 1.29 is 14.1 Å². The zero-order valence-corrected chi connectivity index (χ0v) is 13.0. The maximum atomic E-state index is 11.4. The Hall–Kier alpha value is -3.35. The second kappa shape index (κ2) is 6.82. The van der Waals surface area contributed by atoms with Gasteiger partial charge in [0.1, 0.15) is 5.75 Å². The first-order valence-electron chi connectivity index (χ1n) is 7.27.